The number of benzene rings is 2. The number of carbonyl (C=O) groups excluding carboxylic acids is 1. The van der Waals surface area contributed by atoms with Gasteiger partial charge in [0.25, 0.3) is 10.0 Å². The quantitative estimate of drug-likeness (QED) is 0.400. The molecule has 0 fully saturated rings. The summed E-state index contributed by atoms with van der Waals surface area (Å²) in [7, 11) is -2.47. The number of aromatic nitrogens is 3. The summed E-state index contributed by atoms with van der Waals surface area (Å²) in [6.45, 7) is 5.45. The van der Waals surface area contributed by atoms with E-state index in [1.54, 1.807) is 36.4 Å². The molecule has 0 spiro atoms. The molecule has 2 aromatic carbocycles. The van der Waals surface area contributed by atoms with Crippen molar-refractivity contribution < 1.29 is 22.7 Å². The van der Waals surface area contributed by atoms with Crippen molar-refractivity contribution in [2.45, 2.75) is 50.2 Å². The van der Waals surface area contributed by atoms with Crippen molar-refractivity contribution in [3.63, 3.8) is 0 Å². The molecule has 5 rings (SSSR count). The lowest BCUT2D eigenvalue weighted by Crippen LogP contribution is -2.34. The first-order chi connectivity index (χ1) is 17.6. The van der Waals surface area contributed by atoms with Crippen LogP contribution in [0.25, 0.3) is 22.3 Å². The number of ether oxygens (including phenoxy) is 2. The van der Waals surface area contributed by atoms with E-state index < -0.39 is 21.7 Å². The molecule has 1 aliphatic carbocycles. The second-order valence-electron chi connectivity index (χ2n) is 9.86. The Labute approximate surface area is 215 Å². The predicted molar refractivity (Wildman–Crippen MR) is 139 cm³/mol. The predicted octanol–water partition coefficient (Wildman–Crippen LogP) is 4.86. The van der Waals surface area contributed by atoms with E-state index in [1.165, 1.54) is 23.5 Å². The number of hydrogen-bond acceptors (Lipinski definition) is 7. The van der Waals surface area contributed by atoms with Crippen LogP contribution in [0.4, 0.5) is 4.79 Å². The summed E-state index contributed by atoms with van der Waals surface area (Å²) < 4.78 is 39.7. The van der Waals surface area contributed by atoms with Crippen LogP contribution in [0.1, 0.15) is 44.4 Å². The van der Waals surface area contributed by atoms with Gasteiger partial charge in [-0.25, -0.2) is 27.2 Å². The van der Waals surface area contributed by atoms with Gasteiger partial charge in [-0.3, -0.25) is 0 Å². The van der Waals surface area contributed by atoms with Gasteiger partial charge >= 0.3 is 6.09 Å². The molecule has 0 radical (unpaired) electrons. The van der Waals surface area contributed by atoms with Gasteiger partial charge in [-0.1, -0.05) is 24.3 Å². The van der Waals surface area contributed by atoms with Gasteiger partial charge < -0.3 is 14.8 Å². The molecule has 4 aromatic rings. The van der Waals surface area contributed by atoms with Gasteiger partial charge in [-0.15, -0.1) is 0 Å². The monoisotopic (exact) mass is 520 g/mol. The number of rotatable bonds is 5. The van der Waals surface area contributed by atoms with Gasteiger partial charge in [0.2, 0.25) is 5.88 Å². The Morgan fingerprint density at radius 3 is 2.49 bits per heavy atom. The first kappa shape index (κ1) is 24.8. The van der Waals surface area contributed by atoms with E-state index in [0.29, 0.717) is 35.6 Å². The van der Waals surface area contributed by atoms with Gasteiger partial charge in [-0.05, 0) is 69.0 Å². The molecular formula is C27H28N4O5S. The molecule has 2 aromatic heterocycles. The summed E-state index contributed by atoms with van der Waals surface area (Å²) in [6, 6.07) is 13.6. The first-order valence-corrected chi connectivity index (χ1v) is 13.4. The fraction of sp³-hybridized carbons (Fsp3) is 0.296. The van der Waals surface area contributed by atoms with Crippen LogP contribution in [-0.2, 0) is 21.2 Å². The number of nitrogens with zero attached hydrogens (tertiary/aromatic N) is 3. The van der Waals surface area contributed by atoms with Crippen LogP contribution in [0, 0.1) is 0 Å². The maximum Gasteiger partial charge on any atom is 0.408 e. The fourth-order valence-corrected chi connectivity index (χ4v) is 6.21. The van der Waals surface area contributed by atoms with Crippen LogP contribution in [0.15, 0.2) is 65.8 Å². The van der Waals surface area contributed by atoms with E-state index in [4.69, 9.17) is 9.47 Å². The number of alkyl carbamates (subject to hydrolysis) is 1. The lowest BCUT2D eigenvalue weighted by atomic mass is 10.0. The molecule has 9 nitrogen and oxygen atoms in total. The SMILES string of the molecule is COc1cnc(-c2cc3c4c(ccc3n2S(=O)(=O)c2ccccc2)C(NC(=O)OC(C)(C)C)CC4)cn1. The van der Waals surface area contributed by atoms with E-state index in [0.717, 1.165) is 16.5 Å². The third-order valence-corrected chi connectivity index (χ3v) is 7.96. The summed E-state index contributed by atoms with van der Waals surface area (Å²) >= 11 is 0. The van der Waals surface area contributed by atoms with Crippen molar-refractivity contribution in [2.75, 3.05) is 7.11 Å². The van der Waals surface area contributed by atoms with E-state index in [2.05, 4.69) is 15.3 Å². The zero-order valence-electron chi connectivity index (χ0n) is 21.1. The highest BCUT2D eigenvalue weighted by Gasteiger charge is 2.31. The summed E-state index contributed by atoms with van der Waals surface area (Å²) in [5, 5.41) is 3.75. The zero-order chi connectivity index (χ0) is 26.4. The average molecular weight is 521 g/mol. The summed E-state index contributed by atoms with van der Waals surface area (Å²) in [5.74, 6) is 0.328. The molecule has 1 unspecified atom stereocenters. The van der Waals surface area contributed by atoms with Crippen LogP contribution in [-0.4, -0.2) is 41.2 Å². The van der Waals surface area contributed by atoms with Crippen LogP contribution in [0.2, 0.25) is 0 Å². The molecule has 0 bridgehead atoms. The number of methoxy groups -OCH3 is 1. The van der Waals surface area contributed by atoms with Gasteiger partial charge in [0.15, 0.2) is 0 Å². The second-order valence-corrected chi connectivity index (χ2v) is 11.6. The molecule has 10 heteroatoms. The minimum Gasteiger partial charge on any atom is -0.480 e. The van der Waals surface area contributed by atoms with E-state index >= 15 is 0 Å². The second kappa shape index (κ2) is 9.19. The average Bonchev–Trinajstić information content (AvgIpc) is 3.45. The van der Waals surface area contributed by atoms with Crippen LogP contribution >= 0.6 is 0 Å². The fourth-order valence-electron chi connectivity index (χ4n) is 4.67. The van der Waals surface area contributed by atoms with E-state index in [9.17, 15) is 13.2 Å². The molecule has 1 amide bonds. The number of nitrogens with one attached hydrogen (secondary N) is 1. The van der Waals surface area contributed by atoms with Gasteiger partial charge in [0.05, 0.1) is 41.7 Å². The standard InChI is InChI=1S/C27H28N4O5S/c1-27(2,3)36-26(32)30-21-12-10-18-19(21)11-13-23-20(18)14-24(22-15-29-25(35-4)16-28-22)31(23)37(33,34)17-8-6-5-7-9-17/h5-9,11,13-16,21H,10,12H2,1-4H3,(H,30,32). The number of carbonyl (C=O) groups is 1. The number of aryl methyl sites for hydroxylation is 1. The topological polar surface area (TPSA) is 112 Å². The highest BCUT2D eigenvalue weighted by atomic mass is 32.2. The minimum absolute atomic E-state index is 0.167. The maximum absolute atomic E-state index is 13.9. The minimum atomic E-state index is -3.96. The van der Waals surface area contributed by atoms with Crippen LogP contribution < -0.4 is 10.1 Å². The van der Waals surface area contributed by atoms with Gasteiger partial charge in [0, 0.05) is 5.39 Å². The van der Waals surface area contributed by atoms with Crippen molar-refractivity contribution in [3.8, 4) is 17.3 Å². The molecule has 0 saturated carbocycles. The summed E-state index contributed by atoms with van der Waals surface area (Å²) in [4.78, 5) is 21.2. The highest BCUT2D eigenvalue weighted by molar-refractivity contribution is 7.90. The number of hydrogen-bond donors (Lipinski definition) is 1. The van der Waals surface area contributed by atoms with Gasteiger partial charge in [0.1, 0.15) is 11.3 Å². The normalized spacial score (nSPS) is 15.4. The van der Waals surface area contributed by atoms with Crippen molar-refractivity contribution in [3.05, 3.63) is 72.1 Å². The Bertz CT molecular complexity index is 1570. The van der Waals surface area contributed by atoms with Crippen molar-refractivity contribution in [1.82, 2.24) is 19.3 Å². The Hall–Kier alpha value is -3.92. The lowest BCUT2D eigenvalue weighted by molar-refractivity contribution is 0.0503. The number of amides is 1. The van der Waals surface area contributed by atoms with E-state index in [-0.39, 0.29) is 10.9 Å². The molecule has 2 heterocycles. The first-order valence-electron chi connectivity index (χ1n) is 11.9. The smallest absolute Gasteiger partial charge is 0.408 e. The summed E-state index contributed by atoms with van der Waals surface area (Å²) in [6.07, 6.45) is 3.83. The van der Waals surface area contributed by atoms with Crippen LogP contribution in [0.5, 0.6) is 5.88 Å². The van der Waals surface area contributed by atoms with Crippen molar-refractivity contribution >= 4 is 27.0 Å². The Kier molecular flexibility index (Phi) is 6.15. The summed E-state index contributed by atoms with van der Waals surface area (Å²) in [5.41, 5.74) is 2.65. The number of fused-ring (bicyclic) bond motifs is 3. The van der Waals surface area contributed by atoms with E-state index in [1.807, 2.05) is 32.9 Å². The zero-order valence-corrected chi connectivity index (χ0v) is 21.9. The Morgan fingerprint density at radius 1 is 1.08 bits per heavy atom. The molecule has 37 heavy (non-hydrogen) atoms. The molecule has 192 valence electrons. The largest absolute Gasteiger partial charge is 0.480 e. The Morgan fingerprint density at radius 2 is 1.84 bits per heavy atom. The van der Waals surface area contributed by atoms with Gasteiger partial charge in [-0.2, -0.15) is 0 Å². The molecular weight excluding hydrogens is 492 g/mol. The molecule has 1 aliphatic rings. The lowest BCUT2D eigenvalue weighted by Gasteiger charge is -2.22. The third-order valence-electron chi connectivity index (χ3n) is 6.22. The van der Waals surface area contributed by atoms with Crippen molar-refractivity contribution in [2.24, 2.45) is 0 Å². The maximum atomic E-state index is 13.9. The molecule has 1 atom stereocenters. The molecule has 0 aliphatic heterocycles. The molecule has 1 N–H and O–H groups in total. The third kappa shape index (κ3) is 4.64. The Balaban J connectivity index is 1.65. The highest BCUT2D eigenvalue weighted by Crippen LogP contribution is 2.40. The van der Waals surface area contributed by atoms with Crippen LogP contribution in [0.3, 0.4) is 0 Å². The van der Waals surface area contributed by atoms with Crippen molar-refractivity contribution in [1.29, 1.82) is 0 Å². The molecule has 0 saturated heterocycles.